The molecule has 0 bridgehead atoms. The summed E-state index contributed by atoms with van der Waals surface area (Å²) in [6, 6.07) is 2.44. The zero-order valence-corrected chi connectivity index (χ0v) is 12.9. The third-order valence-corrected chi connectivity index (χ3v) is 5.73. The number of nitrogens with one attached hydrogen (secondary N) is 2. The highest BCUT2D eigenvalue weighted by Crippen LogP contribution is 2.38. The fourth-order valence-corrected chi connectivity index (χ4v) is 4.14. The standard InChI is InChI=1S/C14H23N3O2S/c1-3-10-6-14(10)16-20(18,19)13-7-12(8-15-2)17(9-13)11-4-5-11/h7,9-11,14-16H,3-6,8H2,1-2H3. The number of hydrogen-bond acceptors (Lipinski definition) is 3. The summed E-state index contributed by atoms with van der Waals surface area (Å²) in [6.45, 7) is 2.81. The number of hydrogen-bond donors (Lipinski definition) is 2. The number of aromatic nitrogens is 1. The predicted molar refractivity (Wildman–Crippen MR) is 78.0 cm³/mol. The van der Waals surface area contributed by atoms with E-state index in [0.717, 1.165) is 31.4 Å². The third kappa shape index (κ3) is 2.77. The first-order chi connectivity index (χ1) is 9.55. The molecule has 2 saturated carbocycles. The molecule has 0 spiro atoms. The molecular formula is C14H23N3O2S. The summed E-state index contributed by atoms with van der Waals surface area (Å²) < 4.78 is 29.8. The van der Waals surface area contributed by atoms with Crippen molar-refractivity contribution in [1.82, 2.24) is 14.6 Å². The van der Waals surface area contributed by atoms with Crippen LogP contribution in [0.5, 0.6) is 0 Å². The van der Waals surface area contributed by atoms with Crippen LogP contribution in [0, 0.1) is 5.92 Å². The number of rotatable bonds is 7. The summed E-state index contributed by atoms with van der Waals surface area (Å²) in [4.78, 5) is 0.413. The highest BCUT2D eigenvalue weighted by molar-refractivity contribution is 7.89. The van der Waals surface area contributed by atoms with E-state index in [0.29, 0.717) is 23.4 Å². The van der Waals surface area contributed by atoms with Crippen LogP contribution in [0.3, 0.4) is 0 Å². The quantitative estimate of drug-likeness (QED) is 0.804. The van der Waals surface area contributed by atoms with Gasteiger partial charge in [-0.05, 0) is 38.3 Å². The van der Waals surface area contributed by atoms with Crippen molar-refractivity contribution in [3.05, 3.63) is 18.0 Å². The molecule has 2 unspecified atom stereocenters. The zero-order valence-electron chi connectivity index (χ0n) is 12.1. The molecule has 0 aromatic carbocycles. The molecule has 0 saturated heterocycles. The van der Waals surface area contributed by atoms with E-state index < -0.39 is 10.0 Å². The smallest absolute Gasteiger partial charge is 0.242 e. The first-order valence-electron chi connectivity index (χ1n) is 7.43. The molecule has 2 fully saturated rings. The maximum atomic E-state index is 12.4. The van der Waals surface area contributed by atoms with Crippen molar-refractivity contribution in [2.45, 2.75) is 56.1 Å². The van der Waals surface area contributed by atoms with Crippen molar-refractivity contribution in [3.8, 4) is 0 Å². The SMILES string of the molecule is CCC1CC1NS(=O)(=O)c1cc(CNC)n(C2CC2)c1. The summed E-state index contributed by atoms with van der Waals surface area (Å²) in [5.41, 5.74) is 1.05. The van der Waals surface area contributed by atoms with E-state index in [9.17, 15) is 8.42 Å². The average Bonchev–Trinajstić information content (AvgIpc) is 3.31. The second-order valence-corrected chi connectivity index (χ2v) is 7.68. The molecule has 6 heteroatoms. The molecule has 2 aliphatic rings. The fourth-order valence-electron chi connectivity index (χ4n) is 2.77. The molecule has 0 radical (unpaired) electrons. The number of nitrogens with zero attached hydrogens (tertiary/aromatic N) is 1. The van der Waals surface area contributed by atoms with Crippen LogP contribution >= 0.6 is 0 Å². The van der Waals surface area contributed by atoms with Gasteiger partial charge in [-0.3, -0.25) is 0 Å². The van der Waals surface area contributed by atoms with E-state index in [-0.39, 0.29) is 6.04 Å². The van der Waals surface area contributed by atoms with Gasteiger partial charge < -0.3 is 9.88 Å². The van der Waals surface area contributed by atoms with Crippen LogP contribution in [0.2, 0.25) is 0 Å². The van der Waals surface area contributed by atoms with Gasteiger partial charge in [-0.25, -0.2) is 13.1 Å². The van der Waals surface area contributed by atoms with Crippen molar-refractivity contribution >= 4 is 10.0 Å². The Morgan fingerprint density at radius 3 is 2.70 bits per heavy atom. The van der Waals surface area contributed by atoms with Gasteiger partial charge in [0.25, 0.3) is 0 Å². The highest BCUT2D eigenvalue weighted by atomic mass is 32.2. The number of sulfonamides is 1. The van der Waals surface area contributed by atoms with Crippen molar-refractivity contribution in [3.63, 3.8) is 0 Å². The van der Waals surface area contributed by atoms with Crippen LogP contribution < -0.4 is 10.0 Å². The minimum Gasteiger partial charge on any atom is -0.346 e. The van der Waals surface area contributed by atoms with Gasteiger partial charge in [0.2, 0.25) is 10.0 Å². The van der Waals surface area contributed by atoms with E-state index in [1.807, 2.05) is 7.05 Å². The second-order valence-electron chi connectivity index (χ2n) is 5.97. The van der Waals surface area contributed by atoms with Gasteiger partial charge in [0.1, 0.15) is 0 Å². The van der Waals surface area contributed by atoms with Gasteiger partial charge in [-0.15, -0.1) is 0 Å². The maximum absolute atomic E-state index is 12.4. The molecule has 2 atom stereocenters. The van der Waals surface area contributed by atoms with E-state index >= 15 is 0 Å². The average molecular weight is 297 g/mol. The summed E-state index contributed by atoms with van der Waals surface area (Å²) in [7, 11) is -1.48. The van der Waals surface area contributed by atoms with Crippen LogP contribution in [0.15, 0.2) is 17.2 Å². The van der Waals surface area contributed by atoms with E-state index in [1.54, 1.807) is 12.3 Å². The van der Waals surface area contributed by atoms with Gasteiger partial charge in [0, 0.05) is 30.5 Å². The lowest BCUT2D eigenvalue weighted by Gasteiger charge is -2.05. The van der Waals surface area contributed by atoms with Crippen molar-refractivity contribution in [1.29, 1.82) is 0 Å². The Balaban J connectivity index is 1.80. The lowest BCUT2D eigenvalue weighted by molar-refractivity contribution is 0.575. The molecule has 3 rings (SSSR count). The van der Waals surface area contributed by atoms with Crippen LogP contribution in [0.1, 0.15) is 44.3 Å². The second kappa shape index (κ2) is 5.16. The molecule has 2 aliphatic carbocycles. The Morgan fingerprint density at radius 1 is 1.40 bits per heavy atom. The highest BCUT2D eigenvalue weighted by Gasteiger charge is 2.39. The summed E-state index contributed by atoms with van der Waals surface area (Å²) in [6.07, 6.45) is 6.12. The molecule has 1 aromatic rings. The van der Waals surface area contributed by atoms with Crippen LogP contribution in [-0.4, -0.2) is 26.1 Å². The molecule has 1 aromatic heterocycles. The zero-order chi connectivity index (χ0) is 14.3. The normalized spacial score (nSPS) is 25.9. The summed E-state index contributed by atoms with van der Waals surface area (Å²) >= 11 is 0. The molecule has 20 heavy (non-hydrogen) atoms. The Labute approximate surface area is 120 Å². The van der Waals surface area contributed by atoms with Gasteiger partial charge in [-0.2, -0.15) is 0 Å². The monoisotopic (exact) mass is 297 g/mol. The molecule has 0 aliphatic heterocycles. The first kappa shape index (κ1) is 14.1. The minimum absolute atomic E-state index is 0.141. The lowest BCUT2D eigenvalue weighted by Crippen LogP contribution is -2.26. The Kier molecular flexibility index (Phi) is 3.64. The fraction of sp³-hybridized carbons (Fsp3) is 0.714. The lowest BCUT2D eigenvalue weighted by atomic mass is 10.3. The van der Waals surface area contributed by atoms with Crippen LogP contribution in [0.4, 0.5) is 0 Å². The third-order valence-electron chi connectivity index (χ3n) is 4.27. The molecule has 112 valence electrons. The topological polar surface area (TPSA) is 63.1 Å². The van der Waals surface area contributed by atoms with Crippen molar-refractivity contribution < 1.29 is 8.42 Å². The van der Waals surface area contributed by atoms with E-state index in [4.69, 9.17) is 0 Å². The molecule has 2 N–H and O–H groups in total. The Morgan fingerprint density at radius 2 is 2.15 bits per heavy atom. The van der Waals surface area contributed by atoms with Gasteiger partial charge in [0.15, 0.2) is 0 Å². The molecule has 5 nitrogen and oxygen atoms in total. The maximum Gasteiger partial charge on any atom is 0.242 e. The van der Waals surface area contributed by atoms with Gasteiger partial charge in [0.05, 0.1) is 4.90 Å². The Hall–Kier alpha value is -0.850. The Bertz CT molecular complexity index is 590. The largest absolute Gasteiger partial charge is 0.346 e. The van der Waals surface area contributed by atoms with Crippen molar-refractivity contribution in [2.24, 2.45) is 5.92 Å². The van der Waals surface area contributed by atoms with Crippen molar-refractivity contribution in [2.75, 3.05) is 7.05 Å². The van der Waals surface area contributed by atoms with E-state index in [2.05, 4.69) is 21.5 Å². The summed E-state index contributed by atoms with van der Waals surface area (Å²) in [5, 5.41) is 3.11. The minimum atomic E-state index is -3.36. The van der Waals surface area contributed by atoms with Crippen LogP contribution in [-0.2, 0) is 16.6 Å². The first-order valence-corrected chi connectivity index (χ1v) is 8.91. The van der Waals surface area contributed by atoms with Gasteiger partial charge >= 0.3 is 0 Å². The molecule has 0 amide bonds. The predicted octanol–water partition coefficient (Wildman–Crippen LogP) is 1.62. The van der Waals surface area contributed by atoms with E-state index in [1.165, 1.54) is 0 Å². The molecular weight excluding hydrogens is 274 g/mol. The molecule has 1 heterocycles. The summed E-state index contributed by atoms with van der Waals surface area (Å²) in [5.74, 6) is 0.520. The van der Waals surface area contributed by atoms with Crippen LogP contribution in [0.25, 0.3) is 0 Å². The van der Waals surface area contributed by atoms with Gasteiger partial charge in [-0.1, -0.05) is 13.3 Å².